The summed E-state index contributed by atoms with van der Waals surface area (Å²) in [6, 6.07) is 10.5. The summed E-state index contributed by atoms with van der Waals surface area (Å²) in [6.07, 6.45) is -0.981. The van der Waals surface area contributed by atoms with Crippen molar-refractivity contribution < 1.29 is 27.4 Å². The molecule has 3 atom stereocenters. The first kappa shape index (κ1) is 21.9. The number of hydrogen-bond acceptors (Lipinski definition) is 4. The molecule has 2 heterocycles. The number of hydrogen-bond donors (Lipinski definition) is 2. The molecule has 176 valence electrons. The van der Waals surface area contributed by atoms with E-state index in [0.29, 0.717) is 0 Å². The van der Waals surface area contributed by atoms with E-state index in [0.717, 1.165) is 55.9 Å². The maximum atomic E-state index is 12.9. The van der Waals surface area contributed by atoms with Gasteiger partial charge in [-0.15, -0.1) is 0 Å². The number of carbonyl (C=O) groups excluding carboxylic acids is 1. The molecule has 1 aliphatic carbocycles. The monoisotopic (exact) mass is 461 g/mol. The zero-order valence-electron chi connectivity index (χ0n) is 18.2. The molecule has 33 heavy (non-hydrogen) atoms. The molecule has 0 radical (unpaired) electrons. The Morgan fingerprint density at radius 1 is 1.12 bits per heavy atom. The molecule has 2 aromatic carbocycles. The second-order valence-electron chi connectivity index (χ2n) is 9.12. The first-order valence-electron chi connectivity index (χ1n) is 11.1. The fourth-order valence-electron chi connectivity index (χ4n) is 5.58. The van der Waals surface area contributed by atoms with Crippen LogP contribution in [-0.2, 0) is 11.6 Å². The highest BCUT2D eigenvalue weighted by atomic mass is 19.4. The molecular weight excluding hydrogens is 435 g/mol. The molecule has 6 nitrogen and oxygen atoms in total. The van der Waals surface area contributed by atoms with E-state index in [9.17, 15) is 18.0 Å². The van der Waals surface area contributed by atoms with Gasteiger partial charge in [0, 0.05) is 23.2 Å². The van der Waals surface area contributed by atoms with Crippen LogP contribution in [0, 0.1) is 0 Å². The van der Waals surface area contributed by atoms with Gasteiger partial charge < -0.3 is 25.0 Å². The summed E-state index contributed by atoms with van der Waals surface area (Å²) in [5.74, 6) is 1.54. The van der Waals surface area contributed by atoms with Crippen molar-refractivity contribution in [3.05, 3.63) is 53.6 Å². The lowest BCUT2D eigenvalue weighted by Crippen LogP contribution is -2.52. The number of likely N-dealkylation sites (N-methyl/N-ethyl adjacent to an activating group) is 1. The van der Waals surface area contributed by atoms with Crippen molar-refractivity contribution in [2.45, 2.75) is 49.4 Å². The van der Waals surface area contributed by atoms with Crippen LogP contribution in [0.4, 0.5) is 23.7 Å². The third kappa shape index (κ3) is 4.10. The topological polar surface area (TPSA) is 62.8 Å². The molecule has 2 aliphatic heterocycles. The Morgan fingerprint density at radius 2 is 1.94 bits per heavy atom. The summed E-state index contributed by atoms with van der Waals surface area (Å²) < 4.78 is 49.9. The Bertz CT molecular complexity index is 1060. The number of nitrogens with one attached hydrogen (secondary N) is 2. The number of ether oxygens (including phenoxy) is 2. The minimum Gasteiger partial charge on any atom is -0.454 e. The zero-order chi connectivity index (χ0) is 23.2. The van der Waals surface area contributed by atoms with Crippen LogP contribution in [0.25, 0.3) is 0 Å². The SMILES string of the molecule is CN1CC[C@]2(c3ccc4c(c3)OCO4)CC[C@H](NC(=O)Nc3cccc(C(F)(F)F)c3)C[C@@H]12. The third-order valence-electron chi connectivity index (χ3n) is 7.26. The van der Waals surface area contributed by atoms with Crippen LogP contribution >= 0.6 is 0 Å². The molecule has 2 N–H and O–H groups in total. The molecule has 2 amide bonds. The smallest absolute Gasteiger partial charge is 0.416 e. The fraction of sp³-hybridized carbons (Fsp3) is 0.458. The van der Waals surface area contributed by atoms with Gasteiger partial charge in [-0.2, -0.15) is 13.2 Å². The molecule has 0 unspecified atom stereocenters. The minimum atomic E-state index is -4.46. The molecule has 0 aromatic heterocycles. The number of anilines is 1. The summed E-state index contributed by atoms with van der Waals surface area (Å²) in [5, 5.41) is 5.51. The van der Waals surface area contributed by atoms with Crippen molar-refractivity contribution in [3.63, 3.8) is 0 Å². The first-order valence-corrected chi connectivity index (χ1v) is 11.1. The van der Waals surface area contributed by atoms with Crippen LogP contribution in [0.5, 0.6) is 11.5 Å². The van der Waals surface area contributed by atoms with Crippen LogP contribution in [0.3, 0.4) is 0 Å². The summed E-state index contributed by atoms with van der Waals surface area (Å²) in [6.45, 7) is 1.20. The Hall–Kier alpha value is -2.94. The largest absolute Gasteiger partial charge is 0.454 e. The van der Waals surface area contributed by atoms with Gasteiger partial charge >= 0.3 is 12.2 Å². The number of nitrogens with zero attached hydrogens (tertiary/aromatic N) is 1. The lowest BCUT2D eigenvalue weighted by atomic mass is 9.65. The van der Waals surface area contributed by atoms with Gasteiger partial charge in [0.2, 0.25) is 6.79 Å². The highest BCUT2D eigenvalue weighted by molar-refractivity contribution is 5.89. The molecule has 2 aromatic rings. The van der Waals surface area contributed by atoms with Crippen molar-refractivity contribution >= 4 is 11.7 Å². The average Bonchev–Trinajstić information content (AvgIpc) is 3.38. The number of carbonyl (C=O) groups is 1. The van der Waals surface area contributed by atoms with Crippen LogP contribution in [0.1, 0.15) is 36.8 Å². The summed E-state index contributed by atoms with van der Waals surface area (Å²) in [7, 11) is 2.10. The lowest BCUT2D eigenvalue weighted by Gasteiger charge is -2.44. The van der Waals surface area contributed by atoms with Crippen molar-refractivity contribution in [1.29, 1.82) is 0 Å². The van der Waals surface area contributed by atoms with E-state index < -0.39 is 17.8 Å². The van der Waals surface area contributed by atoms with Crippen LogP contribution in [0.2, 0.25) is 0 Å². The second kappa shape index (κ2) is 8.13. The molecule has 3 aliphatic rings. The number of amides is 2. The molecule has 9 heteroatoms. The summed E-state index contributed by atoms with van der Waals surface area (Å²) in [5.41, 5.74) is 0.531. The standard InChI is InChI=1S/C24H26F3N3O3/c1-30-10-9-23(15-5-6-19-20(12-15)33-14-32-19)8-7-18(13-21(23)30)29-22(31)28-17-4-2-3-16(11-17)24(25,26)27/h2-6,11-12,18,21H,7-10,13-14H2,1H3,(H2,28,29,31)/t18-,21+,23-/m0/s1. The van der Waals surface area contributed by atoms with Gasteiger partial charge in [0.25, 0.3) is 0 Å². The summed E-state index contributed by atoms with van der Waals surface area (Å²) in [4.78, 5) is 14.9. The van der Waals surface area contributed by atoms with Crippen molar-refractivity contribution in [3.8, 4) is 11.5 Å². The Labute approximate surface area is 190 Å². The van der Waals surface area contributed by atoms with Gasteiger partial charge in [-0.05, 0) is 75.2 Å². The Kier molecular flexibility index (Phi) is 5.39. The number of alkyl halides is 3. The molecule has 1 saturated heterocycles. The highest BCUT2D eigenvalue weighted by Crippen LogP contribution is 2.50. The fourth-order valence-corrected chi connectivity index (χ4v) is 5.58. The van der Waals surface area contributed by atoms with E-state index in [1.165, 1.54) is 17.7 Å². The van der Waals surface area contributed by atoms with E-state index in [4.69, 9.17) is 9.47 Å². The van der Waals surface area contributed by atoms with E-state index >= 15 is 0 Å². The van der Waals surface area contributed by atoms with E-state index in [-0.39, 0.29) is 30.0 Å². The molecule has 0 spiro atoms. The minimum absolute atomic E-state index is 0.0224. The van der Waals surface area contributed by atoms with Gasteiger partial charge in [-0.25, -0.2) is 4.79 Å². The molecular formula is C24H26F3N3O3. The molecule has 2 fully saturated rings. The summed E-state index contributed by atoms with van der Waals surface area (Å²) >= 11 is 0. The quantitative estimate of drug-likeness (QED) is 0.693. The average molecular weight is 461 g/mol. The number of fused-ring (bicyclic) bond motifs is 2. The predicted octanol–water partition coefficient (Wildman–Crippen LogP) is 4.75. The van der Waals surface area contributed by atoms with Gasteiger partial charge in [0.05, 0.1) is 5.56 Å². The number of likely N-dealkylation sites (tertiary alicyclic amines) is 1. The van der Waals surface area contributed by atoms with Crippen LogP contribution in [-0.4, -0.2) is 43.4 Å². The number of benzene rings is 2. The van der Waals surface area contributed by atoms with Gasteiger partial charge in [0.15, 0.2) is 11.5 Å². The van der Waals surface area contributed by atoms with Crippen molar-refractivity contribution in [2.24, 2.45) is 0 Å². The molecule has 5 rings (SSSR count). The Morgan fingerprint density at radius 3 is 2.76 bits per heavy atom. The first-order chi connectivity index (χ1) is 15.7. The Balaban J connectivity index is 1.27. The van der Waals surface area contributed by atoms with Gasteiger partial charge in [-0.3, -0.25) is 0 Å². The normalized spacial score (nSPS) is 26.7. The lowest BCUT2D eigenvalue weighted by molar-refractivity contribution is -0.137. The highest BCUT2D eigenvalue weighted by Gasteiger charge is 2.50. The zero-order valence-corrected chi connectivity index (χ0v) is 18.2. The van der Waals surface area contributed by atoms with E-state index in [2.05, 4.69) is 34.7 Å². The van der Waals surface area contributed by atoms with E-state index in [1.54, 1.807) is 0 Å². The van der Waals surface area contributed by atoms with Crippen molar-refractivity contribution in [2.75, 3.05) is 25.7 Å². The maximum absolute atomic E-state index is 12.9. The van der Waals surface area contributed by atoms with Gasteiger partial charge in [-0.1, -0.05) is 12.1 Å². The molecule has 0 bridgehead atoms. The number of halogens is 3. The number of urea groups is 1. The van der Waals surface area contributed by atoms with Crippen LogP contribution in [0.15, 0.2) is 42.5 Å². The van der Waals surface area contributed by atoms with Gasteiger partial charge in [0.1, 0.15) is 0 Å². The predicted molar refractivity (Wildman–Crippen MR) is 117 cm³/mol. The second-order valence-corrected chi connectivity index (χ2v) is 9.12. The molecule has 1 saturated carbocycles. The van der Waals surface area contributed by atoms with E-state index in [1.807, 2.05) is 6.07 Å². The number of rotatable bonds is 3. The maximum Gasteiger partial charge on any atom is 0.416 e. The van der Waals surface area contributed by atoms with Crippen LogP contribution < -0.4 is 20.1 Å². The third-order valence-corrected chi connectivity index (χ3v) is 7.26. The van der Waals surface area contributed by atoms with Crippen molar-refractivity contribution in [1.82, 2.24) is 10.2 Å².